The molecule has 3 unspecified atom stereocenters. The molecule has 0 saturated heterocycles. The standard InChI is InChI=1S/3C20H14ClN3O3.4CH4/c3*21-14-10-11-18(27-19(20(25)26)13-6-2-1-3-7-13)17(12-14)24-22-15-8-4-5-9-16(15)23-24;;;;/h3*1-12,19H,(H,25,26);4*1H4. The maximum absolute atomic E-state index is 11.8. The first-order chi connectivity index (χ1) is 39.3. The van der Waals surface area contributed by atoms with E-state index in [-0.39, 0.29) is 29.7 Å². The third kappa shape index (κ3) is 15.3. The molecule has 0 saturated carbocycles. The summed E-state index contributed by atoms with van der Waals surface area (Å²) in [7, 11) is 0. The van der Waals surface area contributed by atoms with Gasteiger partial charge < -0.3 is 29.5 Å². The summed E-state index contributed by atoms with van der Waals surface area (Å²) in [5.41, 5.74) is 7.23. The van der Waals surface area contributed by atoms with Crippen molar-refractivity contribution in [2.24, 2.45) is 0 Å². The molecule has 0 aliphatic carbocycles. The number of rotatable bonds is 15. The van der Waals surface area contributed by atoms with Crippen molar-refractivity contribution in [3.05, 3.63) is 250 Å². The Morgan fingerprint density at radius 1 is 0.318 bits per heavy atom. The lowest BCUT2D eigenvalue weighted by atomic mass is 10.1. The number of hydrogen-bond donors (Lipinski definition) is 3. The first kappa shape index (κ1) is 64.0. The number of aliphatic carboxylic acids is 3. The van der Waals surface area contributed by atoms with Crippen molar-refractivity contribution in [2.45, 2.75) is 48.0 Å². The van der Waals surface area contributed by atoms with Gasteiger partial charge in [-0.3, -0.25) is 0 Å². The number of fused-ring (bicyclic) bond motifs is 3. The average Bonchev–Trinajstić information content (AvgIpc) is 4.44. The number of carboxylic acids is 3. The second-order valence-electron chi connectivity index (χ2n) is 17.5. The van der Waals surface area contributed by atoms with Crippen LogP contribution in [0.15, 0.2) is 218 Å². The van der Waals surface area contributed by atoms with Gasteiger partial charge in [-0.15, -0.1) is 45.0 Å². The molecule has 0 fully saturated rings. The van der Waals surface area contributed by atoms with Crippen LogP contribution in [-0.4, -0.2) is 78.2 Å². The van der Waals surface area contributed by atoms with Crippen LogP contribution in [0.3, 0.4) is 0 Å². The van der Waals surface area contributed by atoms with Crippen LogP contribution in [0, 0.1) is 0 Å². The maximum atomic E-state index is 11.8. The molecule has 12 aromatic rings. The summed E-state index contributed by atoms with van der Waals surface area (Å²) in [6.45, 7) is 0. The lowest BCUT2D eigenvalue weighted by molar-refractivity contribution is -0.146. The number of hydrogen-bond acceptors (Lipinski definition) is 12. The van der Waals surface area contributed by atoms with Crippen LogP contribution in [-0.2, 0) is 14.4 Å². The van der Waals surface area contributed by atoms with Gasteiger partial charge in [-0.25, -0.2) is 14.4 Å². The Hall–Kier alpha value is -10.1. The second kappa shape index (κ2) is 29.2. The molecule has 0 aliphatic rings. The van der Waals surface area contributed by atoms with E-state index < -0.39 is 36.2 Å². The van der Waals surface area contributed by atoms with Crippen molar-refractivity contribution in [2.75, 3.05) is 0 Å². The predicted molar refractivity (Wildman–Crippen MR) is 331 cm³/mol. The second-order valence-corrected chi connectivity index (χ2v) is 18.8. The molecule has 21 heteroatoms. The Labute approximate surface area is 504 Å². The first-order valence-corrected chi connectivity index (χ1v) is 25.7. The molecule has 18 nitrogen and oxygen atoms in total. The number of halogens is 3. The Morgan fingerprint density at radius 2 is 0.518 bits per heavy atom. The fraction of sp³-hybridized carbons (Fsp3) is 0.109. The van der Waals surface area contributed by atoms with Crippen molar-refractivity contribution in [3.63, 3.8) is 0 Å². The van der Waals surface area contributed by atoms with Gasteiger partial charge in [0.25, 0.3) is 0 Å². The summed E-state index contributed by atoms with van der Waals surface area (Å²) in [5.74, 6) is -2.34. The summed E-state index contributed by atoms with van der Waals surface area (Å²) in [6.07, 6.45) is -3.51. The SMILES string of the molecule is C.C.C.C.O=C(O)C(Oc1ccc(Cl)cc1-n1nc2ccccc2n1)c1ccccc1.O=C(O)C(Oc1ccc(Cl)cc1-n1nc2ccccc2n1)c1ccccc1.O=C(O)C(Oc1ccc(Cl)cc1-n1nc2ccccc2n1)c1ccccc1. The molecule has 3 atom stereocenters. The minimum Gasteiger partial charge on any atom is -0.478 e. The lowest BCUT2D eigenvalue weighted by Crippen LogP contribution is -2.19. The number of carbonyl (C=O) groups is 3. The number of aromatic nitrogens is 9. The highest BCUT2D eigenvalue weighted by molar-refractivity contribution is 6.31. The molecule has 3 N–H and O–H groups in total. The Kier molecular flexibility index (Phi) is 22.0. The van der Waals surface area contributed by atoms with E-state index in [4.69, 9.17) is 49.0 Å². The van der Waals surface area contributed by atoms with Crippen molar-refractivity contribution >= 4 is 85.8 Å². The summed E-state index contributed by atoms with van der Waals surface area (Å²) in [4.78, 5) is 39.5. The Balaban J connectivity index is 0.000000200. The van der Waals surface area contributed by atoms with Crippen molar-refractivity contribution in [1.29, 1.82) is 0 Å². The van der Waals surface area contributed by atoms with Gasteiger partial charge in [0, 0.05) is 31.8 Å². The van der Waals surface area contributed by atoms with Crippen molar-refractivity contribution in [1.82, 2.24) is 45.0 Å². The fourth-order valence-electron chi connectivity index (χ4n) is 8.19. The molecule has 0 bridgehead atoms. The Morgan fingerprint density at radius 3 is 0.718 bits per heavy atom. The molecular weight excluding hydrogens is 1150 g/mol. The van der Waals surface area contributed by atoms with Gasteiger partial charge in [0.2, 0.25) is 18.3 Å². The van der Waals surface area contributed by atoms with Crippen LogP contribution < -0.4 is 14.2 Å². The van der Waals surface area contributed by atoms with Crippen LogP contribution in [0.2, 0.25) is 15.1 Å². The van der Waals surface area contributed by atoms with Gasteiger partial charge in [0.1, 0.15) is 67.4 Å². The summed E-state index contributed by atoms with van der Waals surface area (Å²) in [5, 5.41) is 56.9. The van der Waals surface area contributed by atoms with E-state index in [2.05, 4.69) is 30.6 Å². The smallest absolute Gasteiger partial charge is 0.349 e. The third-order valence-corrected chi connectivity index (χ3v) is 12.7. The van der Waals surface area contributed by atoms with Gasteiger partial charge >= 0.3 is 17.9 Å². The number of benzene rings is 9. The van der Waals surface area contributed by atoms with Gasteiger partial charge in [-0.2, -0.15) is 0 Å². The van der Waals surface area contributed by atoms with E-state index in [0.717, 1.165) is 0 Å². The topological polar surface area (TPSA) is 232 Å². The molecule has 85 heavy (non-hydrogen) atoms. The zero-order chi connectivity index (χ0) is 56.4. The molecule has 0 spiro atoms. The molecule has 3 aromatic heterocycles. The molecule has 12 rings (SSSR count). The highest BCUT2D eigenvalue weighted by atomic mass is 35.5. The Bertz CT molecular complexity index is 3660. The minimum absolute atomic E-state index is 0. The number of ether oxygens (including phenoxy) is 3. The van der Waals surface area contributed by atoms with Gasteiger partial charge in [0.05, 0.1) is 0 Å². The van der Waals surface area contributed by atoms with Gasteiger partial charge in [-0.1, -0.05) is 192 Å². The summed E-state index contributed by atoms with van der Waals surface area (Å²) in [6, 6.07) is 63.2. The van der Waals surface area contributed by atoms with Crippen LogP contribution >= 0.6 is 34.8 Å². The molecule has 9 aromatic carbocycles. The van der Waals surface area contributed by atoms with Crippen LogP contribution in [0.5, 0.6) is 17.2 Å². The first-order valence-electron chi connectivity index (χ1n) is 24.5. The third-order valence-electron chi connectivity index (χ3n) is 12.0. The molecule has 0 amide bonds. The van der Waals surface area contributed by atoms with Gasteiger partial charge in [-0.05, 0) is 91.0 Å². The quantitative estimate of drug-likeness (QED) is 0.0866. The fourth-order valence-corrected chi connectivity index (χ4v) is 8.69. The zero-order valence-electron chi connectivity index (χ0n) is 42.0. The predicted octanol–water partition coefficient (Wildman–Crippen LogP) is 15.4. The van der Waals surface area contributed by atoms with Crippen LogP contribution in [0.1, 0.15) is 64.7 Å². The van der Waals surface area contributed by atoms with E-state index in [1.807, 2.05) is 91.0 Å². The van der Waals surface area contributed by atoms with Crippen LogP contribution in [0.4, 0.5) is 0 Å². The minimum atomic E-state index is -1.17. The molecule has 434 valence electrons. The van der Waals surface area contributed by atoms with Crippen molar-refractivity contribution in [3.8, 4) is 34.3 Å². The van der Waals surface area contributed by atoms with Crippen LogP contribution in [0.25, 0.3) is 50.2 Å². The highest BCUT2D eigenvalue weighted by Crippen LogP contribution is 2.34. The number of nitrogens with zero attached hydrogens (tertiary/aromatic N) is 9. The van der Waals surface area contributed by atoms with E-state index in [1.54, 1.807) is 127 Å². The zero-order valence-corrected chi connectivity index (χ0v) is 44.2. The van der Waals surface area contributed by atoms with Crippen molar-refractivity contribution < 1.29 is 43.9 Å². The average molecular weight is 1200 g/mol. The molecule has 0 radical (unpaired) electrons. The molecule has 0 aliphatic heterocycles. The summed E-state index contributed by atoms with van der Waals surface area (Å²) < 4.78 is 17.5. The highest BCUT2D eigenvalue weighted by Gasteiger charge is 2.27. The van der Waals surface area contributed by atoms with E-state index in [9.17, 15) is 29.7 Å². The monoisotopic (exact) mass is 1200 g/mol. The van der Waals surface area contributed by atoms with E-state index in [0.29, 0.717) is 99.2 Å². The van der Waals surface area contributed by atoms with E-state index in [1.165, 1.54) is 14.4 Å². The molecular formula is C64H58Cl3N9O9. The lowest BCUT2D eigenvalue weighted by Gasteiger charge is -2.17. The number of carboxylic acid groups (broad SMARTS) is 3. The largest absolute Gasteiger partial charge is 0.478 e. The normalized spacial score (nSPS) is 11.5. The maximum Gasteiger partial charge on any atom is 0.349 e. The molecule has 3 heterocycles. The van der Waals surface area contributed by atoms with E-state index >= 15 is 0 Å². The summed E-state index contributed by atoms with van der Waals surface area (Å²) >= 11 is 18.4. The van der Waals surface area contributed by atoms with Gasteiger partial charge in [0.15, 0.2) is 0 Å².